The monoisotopic (exact) mass is 334 g/mol. The Hall–Kier alpha value is -0.520. The molecule has 2 fully saturated rings. The van der Waals surface area contributed by atoms with E-state index in [0.29, 0.717) is 22.7 Å². The van der Waals surface area contributed by atoms with Gasteiger partial charge in [0, 0.05) is 0 Å². The van der Waals surface area contributed by atoms with Crippen molar-refractivity contribution < 1.29 is 10.2 Å². The number of aliphatic hydroxyl groups is 2. The van der Waals surface area contributed by atoms with Crippen LogP contribution in [0.1, 0.15) is 92.9 Å². The van der Waals surface area contributed by atoms with Gasteiger partial charge in [-0.2, -0.15) is 0 Å². The maximum atomic E-state index is 10.8. The van der Waals surface area contributed by atoms with Gasteiger partial charge in [0.25, 0.3) is 0 Å². The van der Waals surface area contributed by atoms with Crippen molar-refractivity contribution >= 4 is 0 Å². The maximum absolute atomic E-state index is 10.8. The fraction of sp³-hybridized carbons (Fsp3) is 0.909. The molecule has 0 radical (unpaired) electrons. The van der Waals surface area contributed by atoms with Crippen LogP contribution < -0.4 is 0 Å². The van der Waals surface area contributed by atoms with Crippen LogP contribution in [0, 0.1) is 34.5 Å². The molecule has 0 heterocycles. The maximum Gasteiger partial charge on any atom is 0.125 e. The first-order valence-corrected chi connectivity index (χ1v) is 9.82. The molecule has 0 spiro atoms. The van der Waals surface area contributed by atoms with Crippen molar-refractivity contribution in [2.24, 2.45) is 22.7 Å². The highest BCUT2D eigenvalue weighted by Crippen LogP contribution is 2.43. The van der Waals surface area contributed by atoms with Crippen LogP contribution in [0.15, 0.2) is 0 Å². The highest BCUT2D eigenvalue weighted by atomic mass is 16.3. The molecule has 2 nitrogen and oxygen atoms in total. The second-order valence-corrected chi connectivity index (χ2v) is 10.6. The van der Waals surface area contributed by atoms with E-state index in [-0.39, 0.29) is 0 Å². The Labute approximate surface area is 149 Å². The van der Waals surface area contributed by atoms with Crippen LogP contribution in [0.25, 0.3) is 0 Å². The van der Waals surface area contributed by atoms with E-state index < -0.39 is 11.2 Å². The summed E-state index contributed by atoms with van der Waals surface area (Å²) in [5.41, 5.74) is -1.17. The molecule has 0 bridgehead atoms. The average Bonchev–Trinajstić information content (AvgIpc) is 2.44. The van der Waals surface area contributed by atoms with Gasteiger partial charge in [-0.3, -0.25) is 0 Å². The van der Waals surface area contributed by atoms with Gasteiger partial charge in [0.1, 0.15) is 11.2 Å². The first-order valence-electron chi connectivity index (χ1n) is 9.82. The SMILES string of the molecule is CC(C)(C)C1CCC(O)(C#CC2(O)CCC(C(C)(C)C)CC2)CC1. The van der Waals surface area contributed by atoms with E-state index >= 15 is 0 Å². The van der Waals surface area contributed by atoms with Crippen LogP contribution in [0.5, 0.6) is 0 Å². The van der Waals surface area contributed by atoms with Crippen molar-refractivity contribution in [3.63, 3.8) is 0 Å². The summed E-state index contributed by atoms with van der Waals surface area (Å²) in [6.07, 6.45) is 7.06. The molecule has 24 heavy (non-hydrogen) atoms. The van der Waals surface area contributed by atoms with Crippen LogP contribution in [-0.4, -0.2) is 21.4 Å². The topological polar surface area (TPSA) is 40.5 Å². The molecule has 2 heteroatoms. The number of rotatable bonds is 0. The minimum atomic E-state index is -0.891. The summed E-state index contributed by atoms with van der Waals surface area (Å²) in [6.45, 7) is 13.7. The van der Waals surface area contributed by atoms with E-state index in [0.717, 1.165) is 51.4 Å². The minimum Gasteiger partial charge on any atom is -0.378 e. The minimum absolute atomic E-state index is 0.304. The van der Waals surface area contributed by atoms with Gasteiger partial charge in [-0.15, -0.1) is 0 Å². The normalized spacial score (nSPS) is 38.3. The highest BCUT2D eigenvalue weighted by Gasteiger charge is 2.39. The van der Waals surface area contributed by atoms with Gasteiger partial charge in [-0.1, -0.05) is 53.4 Å². The standard InChI is InChI=1S/C22H38O2/c1-19(2,3)17-7-11-21(23,12-8-17)15-16-22(24)13-9-18(10-14-22)20(4,5)6/h17-18,23-24H,7-14H2,1-6H3. The first kappa shape index (κ1) is 19.8. The molecule has 2 aliphatic carbocycles. The summed E-state index contributed by atoms with van der Waals surface area (Å²) >= 11 is 0. The van der Waals surface area contributed by atoms with Crippen molar-refractivity contribution in [1.29, 1.82) is 0 Å². The molecule has 2 N–H and O–H groups in total. The molecule has 0 atom stereocenters. The summed E-state index contributed by atoms with van der Waals surface area (Å²) in [4.78, 5) is 0. The zero-order chi connectivity index (χ0) is 18.2. The number of hydrogen-bond donors (Lipinski definition) is 2. The Morgan fingerprint density at radius 3 is 1.08 bits per heavy atom. The first-order chi connectivity index (χ1) is 10.8. The molecule has 0 unspecified atom stereocenters. The average molecular weight is 335 g/mol. The molecule has 0 aromatic carbocycles. The second-order valence-electron chi connectivity index (χ2n) is 10.6. The van der Waals surface area contributed by atoms with Crippen molar-refractivity contribution in [2.45, 2.75) is 104 Å². The molecule has 2 rings (SSSR count). The summed E-state index contributed by atoms with van der Waals surface area (Å²) in [5.74, 6) is 7.49. The molecular weight excluding hydrogens is 296 g/mol. The van der Waals surface area contributed by atoms with Gasteiger partial charge in [-0.25, -0.2) is 0 Å². The fourth-order valence-electron chi connectivity index (χ4n) is 4.41. The highest BCUT2D eigenvalue weighted by molar-refractivity contribution is 5.23. The van der Waals surface area contributed by atoms with Crippen molar-refractivity contribution in [2.75, 3.05) is 0 Å². The predicted molar refractivity (Wildman–Crippen MR) is 101 cm³/mol. The third-order valence-corrected chi connectivity index (χ3v) is 6.60. The quantitative estimate of drug-likeness (QED) is 0.617. The third-order valence-electron chi connectivity index (χ3n) is 6.60. The Balaban J connectivity index is 1.95. The van der Waals surface area contributed by atoms with Crippen LogP contribution >= 0.6 is 0 Å². The van der Waals surface area contributed by atoms with Gasteiger partial charge >= 0.3 is 0 Å². The Morgan fingerprint density at radius 2 is 0.875 bits per heavy atom. The van der Waals surface area contributed by atoms with Crippen LogP contribution in [-0.2, 0) is 0 Å². The van der Waals surface area contributed by atoms with Crippen molar-refractivity contribution in [3.8, 4) is 11.8 Å². The summed E-state index contributed by atoms with van der Waals surface area (Å²) in [7, 11) is 0. The Morgan fingerprint density at radius 1 is 0.625 bits per heavy atom. The van der Waals surface area contributed by atoms with Gasteiger partial charge in [-0.05, 0) is 74.0 Å². The largest absolute Gasteiger partial charge is 0.378 e. The smallest absolute Gasteiger partial charge is 0.125 e. The third kappa shape index (κ3) is 4.99. The molecule has 2 aliphatic rings. The Bertz CT molecular complexity index is 435. The molecule has 0 aromatic heterocycles. The lowest BCUT2D eigenvalue weighted by atomic mass is 9.67. The van der Waals surface area contributed by atoms with E-state index in [1.54, 1.807) is 0 Å². The lowest BCUT2D eigenvalue weighted by molar-refractivity contribution is 0.0123. The van der Waals surface area contributed by atoms with Crippen LogP contribution in [0.3, 0.4) is 0 Å². The van der Waals surface area contributed by atoms with Crippen LogP contribution in [0.4, 0.5) is 0 Å². The van der Waals surface area contributed by atoms with E-state index in [9.17, 15) is 10.2 Å². The van der Waals surface area contributed by atoms with E-state index in [1.165, 1.54) is 0 Å². The molecule has 0 aliphatic heterocycles. The van der Waals surface area contributed by atoms with E-state index in [4.69, 9.17) is 0 Å². The van der Waals surface area contributed by atoms with Gasteiger partial charge < -0.3 is 10.2 Å². The summed E-state index contributed by atoms with van der Waals surface area (Å²) < 4.78 is 0. The lowest BCUT2D eigenvalue weighted by Crippen LogP contribution is -2.39. The molecule has 0 aromatic rings. The zero-order valence-electron chi connectivity index (χ0n) is 16.7. The van der Waals surface area contributed by atoms with Crippen molar-refractivity contribution in [1.82, 2.24) is 0 Å². The van der Waals surface area contributed by atoms with Crippen molar-refractivity contribution in [3.05, 3.63) is 0 Å². The summed E-state index contributed by atoms with van der Waals surface area (Å²) in [6, 6.07) is 0. The Kier molecular flexibility index (Phi) is 5.49. The molecule has 0 amide bonds. The van der Waals surface area contributed by atoms with Gasteiger partial charge in [0.15, 0.2) is 0 Å². The van der Waals surface area contributed by atoms with Gasteiger partial charge in [0.2, 0.25) is 0 Å². The fourth-order valence-corrected chi connectivity index (χ4v) is 4.41. The molecule has 138 valence electrons. The number of hydrogen-bond acceptors (Lipinski definition) is 2. The van der Waals surface area contributed by atoms with E-state index in [1.807, 2.05) is 0 Å². The zero-order valence-corrected chi connectivity index (χ0v) is 16.7. The second kappa shape index (κ2) is 6.65. The molecular formula is C22H38O2. The lowest BCUT2D eigenvalue weighted by Gasteiger charge is -2.40. The van der Waals surface area contributed by atoms with Crippen LogP contribution in [0.2, 0.25) is 0 Å². The van der Waals surface area contributed by atoms with Gasteiger partial charge in [0.05, 0.1) is 0 Å². The summed E-state index contributed by atoms with van der Waals surface area (Å²) in [5, 5.41) is 21.6. The predicted octanol–water partition coefficient (Wildman–Crippen LogP) is 4.92. The van der Waals surface area contributed by atoms with E-state index in [2.05, 4.69) is 53.4 Å². The molecule has 2 saturated carbocycles. The molecule has 0 saturated heterocycles.